The van der Waals surface area contributed by atoms with Crippen molar-refractivity contribution in [1.29, 1.82) is 0 Å². The quantitative estimate of drug-likeness (QED) is 0.567. The highest BCUT2D eigenvalue weighted by molar-refractivity contribution is 7.15. The van der Waals surface area contributed by atoms with Gasteiger partial charge >= 0.3 is 5.97 Å². The molecular formula is C15H21N3O3S. The summed E-state index contributed by atoms with van der Waals surface area (Å²) in [6.45, 7) is 0.666. The molecule has 2 rings (SSSR count). The minimum Gasteiger partial charge on any atom is -0.469 e. The number of nitrogens with zero attached hydrogens (tertiary/aromatic N) is 2. The first-order valence-corrected chi connectivity index (χ1v) is 8.31. The normalized spacial score (nSPS) is 10.8. The fourth-order valence-electron chi connectivity index (χ4n) is 2.17. The lowest BCUT2D eigenvalue weighted by Crippen LogP contribution is -2.26. The van der Waals surface area contributed by atoms with Gasteiger partial charge in [0.2, 0.25) is 5.91 Å². The summed E-state index contributed by atoms with van der Waals surface area (Å²) in [5.41, 5.74) is 0.794. The Hall–Kier alpha value is -1.89. The number of fused-ring (bicyclic) bond motifs is 1. The van der Waals surface area contributed by atoms with Crippen molar-refractivity contribution in [2.75, 3.05) is 13.7 Å². The van der Waals surface area contributed by atoms with E-state index in [1.54, 1.807) is 11.3 Å². The molecule has 0 atom stereocenters. The number of nitrogens with one attached hydrogen (secondary N) is 1. The molecule has 1 amide bonds. The zero-order valence-electron chi connectivity index (χ0n) is 12.7. The lowest BCUT2D eigenvalue weighted by Gasteiger charge is -2.04. The Bertz CT molecular complexity index is 592. The number of imidazole rings is 1. The number of methoxy groups -OCH3 is 1. The van der Waals surface area contributed by atoms with E-state index in [2.05, 4.69) is 15.0 Å². The van der Waals surface area contributed by atoms with Crippen LogP contribution in [-0.4, -0.2) is 34.9 Å². The number of carbonyl (C=O) groups is 2. The first kappa shape index (κ1) is 16.5. The molecule has 0 fully saturated rings. The number of ether oxygens (including phenoxy) is 1. The third-order valence-electron chi connectivity index (χ3n) is 3.34. The molecule has 6 nitrogen and oxygen atoms in total. The summed E-state index contributed by atoms with van der Waals surface area (Å²) in [6, 6.07) is 0. The highest BCUT2D eigenvalue weighted by Gasteiger charge is 2.07. The molecule has 0 aliphatic heterocycles. The zero-order chi connectivity index (χ0) is 15.8. The first-order valence-electron chi connectivity index (χ1n) is 7.43. The molecule has 0 radical (unpaired) electrons. The summed E-state index contributed by atoms with van der Waals surface area (Å²) < 4.78 is 6.50. The molecule has 0 spiro atoms. The van der Waals surface area contributed by atoms with Gasteiger partial charge < -0.3 is 10.1 Å². The molecule has 2 heterocycles. The summed E-state index contributed by atoms with van der Waals surface area (Å²) in [4.78, 5) is 28.0. The monoisotopic (exact) mass is 323 g/mol. The number of thiazole rings is 1. The highest BCUT2D eigenvalue weighted by atomic mass is 32.1. The van der Waals surface area contributed by atoms with Gasteiger partial charge in [0.25, 0.3) is 0 Å². The number of hydrogen-bond acceptors (Lipinski definition) is 5. The predicted molar refractivity (Wildman–Crippen MR) is 84.9 cm³/mol. The van der Waals surface area contributed by atoms with Gasteiger partial charge in [0.05, 0.1) is 19.2 Å². The van der Waals surface area contributed by atoms with Gasteiger partial charge in [-0.25, -0.2) is 4.98 Å². The van der Waals surface area contributed by atoms with Gasteiger partial charge in [-0.3, -0.25) is 14.0 Å². The van der Waals surface area contributed by atoms with Crippen LogP contribution in [0.15, 0.2) is 17.8 Å². The van der Waals surface area contributed by atoms with Crippen molar-refractivity contribution in [3.05, 3.63) is 23.5 Å². The molecule has 0 aliphatic carbocycles. The standard InChI is InChI=1S/C15H21N3O3S/c1-21-14(20)6-4-2-3-5-7-16-13(19)10-12-11-18-8-9-22-15(18)17-12/h8-9,11H,2-7,10H2,1H3,(H,16,19). The van der Waals surface area contributed by atoms with Crippen LogP contribution in [0.5, 0.6) is 0 Å². The number of unbranched alkanes of at least 4 members (excludes halogenated alkanes) is 3. The Balaban J connectivity index is 1.54. The van der Waals surface area contributed by atoms with E-state index in [-0.39, 0.29) is 11.9 Å². The molecule has 7 heteroatoms. The van der Waals surface area contributed by atoms with E-state index in [0.29, 0.717) is 19.4 Å². The van der Waals surface area contributed by atoms with Crippen molar-refractivity contribution in [3.8, 4) is 0 Å². The molecule has 22 heavy (non-hydrogen) atoms. The van der Waals surface area contributed by atoms with Gasteiger partial charge in [0.1, 0.15) is 0 Å². The maximum Gasteiger partial charge on any atom is 0.305 e. The van der Waals surface area contributed by atoms with E-state index in [4.69, 9.17) is 0 Å². The largest absolute Gasteiger partial charge is 0.469 e. The van der Waals surface area contributed by atoms with E-state index in [9.17, 15) is 9.59 Å². The Labute approximate surface area is 133 Å². The molecule has 2 aromatic heterocycles. The van der Waals surface area contributed by atoms with Crippen LogP contribution in [0.25, 0.3) is 4.96 Å². The molecule has 0 unspecified atom stereocenters. The number of carbonyl (C=O) groups excluding carboxylic acids is 2. The first-order chi connectivity index (χ1) is 10.7. The van der Waals surface area contributed by atoms with Crippen molar-refractivity contribution in [1.82, 2.24) is 14.7 Å². The number of esters is 1. The highest BCUT2D eigenvalue weighted by Crippen LogP contribution is 2.11. The fraction of sp³-hybridized carbons (Fsp3) is 0.533. The number of hydrogen-bond donors (Lipinski definition) is 1. The van der Waals surface area contributed by atoms with Crippen LogP contribution >= 0.6 is 11.3 Å². The maximum absolute atomic E-state index is 11.8. The van der Waals surface area contributed by atoms with Gasteiger partial charge in [0.15, 0.2) is 4.96 Å². The predicted octanol–water partition coefficient (Wildman–Crippen LogP) is 2.18. The Kier molecular flexibility index (Phi) is 6.39. The van der Waals surface area contributed by atoms with Crippen LogP contribution in [0, 0.1) is 0 Å². The van der Waals surface area contributed by atoms with Crippen LogP contribution in [0.4, 0.5) is 0 Å². The number of rotatable bonds is 9. The zero-order valence-corrected chi connectivity index (χ0v) is 13.5. The SMILES string of the molecule is COC(=O)CCCCCCNC(=O)Cc1cn2ccsc2n1. The van der Waals surface area contributed by atoms with Crippen molar-refractivity contribution in [3.63, 3.8) is 0 Å². The topological polar surface area (TPSA) is 72.7 Å². The average Bonchev–Trinajstić information content (AvgIpc) is 3.07. The number of amides is 1. The van der Waals surface area contributed by atoms with E-state index in [1.165, 1.54) is 7.11 Å². The van der Waals surface area contributed by atoms with Crippen LogP contribution in [0.2, 0.25) is 0 Å². The average molecular weight is 323 g/mol. The second-order valence-corrected chi connectivity index (χ2v) is 5.97. The van der Waals surface area contributed by atoms with Gasteiger partial charge in [0, 0.05) is 30.7 Å². The molecule has 0 saturated carbocycles. The summed E-state index contributed by atoms with van der Waals surface area (Å²) in [5, 5.41) is 4.87. The van der Waals surface area contributed by atoms with E-state index in [0.717, 1.165) is 36.3 Å². The second kappa shape index (κ2) is 8.53. The molecule has 0 saturated heterocycles. The van der Waals surface area contributed by atoms with Crippen LogP contribution < -0.4 is 5.32 Å². The molecule has 0 aromatic carbocycles. The lowest BCUT2D eigenvalue weighted by molar-refractivity contribution is -0.140. The van der Waals surface area contributed by atoms with Gasteiger partial charge in [-0.05, 0) is 12.8 Å². The second-order valence-electron chi connectivity index (χ2n) is 5.09. The van der Waals surface area contributed by atoms with Crippen LogP contribution in [0.1, 0.15) is 37.8 Å². The van der Waals surface area contributed by atoms with Crippen molar-refractivity contribution in [2.24, 2.45) is 0 Å². The van der Waals surface area contributed by atoms with E-state index >= 15 is 0 Å². The van der Waals surface area contributed by atoms with E-state index in [1.807, 2.05) is 22.2 Å². The van der Waals surface area contributed by atoms with Crippen molar-refractivity contribution < 1.29 is 14.3 Å². The van der Waals surface area contributed by atoms with Crippen LogP contribution in [-0.2, 0) is 20.7 Å². The van der Waals surface area contributed by atoms with Crippen molar-refractivity contribution >= 4 is 28.2 Å². The van der Waals surface area contributed by atoms with Crippen molar-refractivity contribution in [2.45, 2.75) is 38.5 Å². The van der Waals surface area contributed by atoms with Gasteiger partial charge in [-0.1, -0.05) is 12.8 Å². The van der Waals surface area contributed by atoms with Gasteiger partial charge in [-0.15, -0.1) is 11.3 Å². The lowest BCUT2D eigenvalue weighted by atomic mass is 10.1. The van der Waals surface area contributed by atoms with E-state index < -0.39 is 0 Å². The fourth-order valence-corrected chi connectivity index (χ4v) is 2.88. The maximum atomic E-state index is 11.8. The Morgan fingerprint density at radius 2 is 2.14 bits per heavy atom. The summed E-state index contributed by atoms with van der Waals surface area (Å²) in [7, 11) is 1.40. The van der Waals surface area contributed by atoms with Crippen LogP contribution in [0.3, 0.4) is 0 Å². The molecule has 0 aliphatic rings. The Morgan fingerprint density at radius 3 is 2.91 bits per heavy atom. The van der Waals surface area contributed by atoms with Gasteiger partial charge in [-0.2, -0.15) is 0 Å². The summed E-state index contributed by atoms with van der Waals surface area (Å²) in [6.07, 6.45) is 8.34. The molecule has 0 bridgehead atoms. The third kappa shape index (κ3) is 5.14. The minimum atomic E-state index is -0.159. The third-order valence-corrected chi connectivity index (χ3v) is 4.11. The number of aromatic nitrogens is 2. The molecular weight excluding hydrogens is 302 g/mol. The molecule has 2 aromatic rings. The molecule has 120 valence electrons. The Morgan fingerprint density at radius 1 is 1.32 bits per heavy atom. The molecule has 1 N–H and O–H groups in total. The minimum absolute atomic E-state index is 0.000291. The summed E-state index contributed by atoms with van der Waals surface area (Å²) in [5.74, 6) is -0.159. The smallest absolute Gasteiger partial charge is 0.305 e. The summed E-state index contributed by atoms with van der Waals surface area (Å²) >= 11 is 1.56.